The molecule has 17 heavy (non-hydrogen) atoms. The van der Waals surface area contributed by atoms with Gasteiger partial charge in [-0.25, -0.2) is 0 Å². The van der Waals surface area contributed by atoms with Gasteiger partial charge in [-0.3, -0.25) is 5.32 Å². The van der Waals surface area contributed by atoms with E-state index in [1.807, 2.05) is 25.1 Å². The van der Waals surface area contributed by atoms with E-state index >= 15 is 0 Å². The molecule has 0 saturated heterocycles. The van der Waals surface area contributed by atoms with E-state index in [0.717, 1.165) is 31.4 Å². The third kappa shape index (κ3) is 4.11. The summed E-state index contributed by atoms with van der Waals surface area (Å²) in [6.45, 7) is 5.39. The van der Waals surface area contributed by atoms with Crippen LogP contribution in [0.2, 0.25) is 0 Å². The van der Waals surface area contributed by atoms with E-state index in [4.69, 9.17) is 5.73 Å². The Morgan fingerprint density at radius 2 is 2.00 bits per heavy atom. The molecule has 1 aromatic rings. The van der Waals surface area contributed by atoms with Crippen LogP contribution in [-0.4, -0.2) is 18.2 Å². The molecule has 4 N–H and O–H groups in total. The molecular formula is C14H24N2O. The van der Waals surface area contributed by atoms with Crippen LogP contribution in [0.4, 0.5) is 0 Å². The van der Waals surface area contributed by atoms with Crippen molar-refractivity contribution in [2.24, 2.45) is 5.73 Å². The molecule has 0 amide bonds. The third-order valence-electron chi connectivity index (χ3n) is 3.02. The zero-order valence-electron chi connectivity index (χ0n) is 10.9. The van der Waals surface area contributed by atoms with Crippen molar-refractivity contribution in [3.8, 4) is 0 Å². The van der Waals surface area contributed by atoms with Gasteiger partial charge < -0.3 is 10.8 Å². The zero-order chi connectivity index (χ0) is 12.7. The molecule has 0 aliphatic heterocycles. The van der Waals surface area contributed by atoms with Crippen LogP contribution < -0.4 is 11.1 Å². The molecule has 3 heteroatoms. The van der Waals surface area contributed by atoms with E-state index in [9.17, 15) is 5.11 Å². The lowest BCUT2D eigenvalue weighted by molar-refractivity contribution is 0.0191. The normalized spacial score (nSPS) is 14.6. The van der Waals surface area contributed by atoms with Crippen LogP contribution in [0.15, 0.2) is 24.3 Å². The molecule has 0 aliphatic carbocycles. The van der Waals surface area contributed by atoms with Crippen LogP contribution >= 0.6 is 0 Å². The Morgan fingerprint density at radius 1 is 1.29 bits per heavy atom. The number of benzene rings is 1. The van der Waals surface area contributed by atoms with Gasteiger partial charge in [0.15, 0.2) is 0 Å². The molecule has 1 atom stereocenters. The Kier molecular flexibility index (Phi) is 5.62. The first-order valence-electron chi connectivity index (χ1n) is 6.37. The average molecular weight is 236 g/mol. The van der Waals surface area contributed by atoms with Gasteiger partial charge in [-0.2, -0.15) is 0 Å². The van der Waals surface area contributed by atoms with Gasteiger partial charge in [0.05, 0.1) is 0 Å². The SMILES string of the molecule is CCc1ccccc1C(C)(O)NCCCCN. The van der Waals surface area contributed by atoms with Crippen molar-refractivity contribution in [2.75, 3.05) is 13.1 Å². The van der Waals surface area contributed by atoms with Crippen LogP contribution in [0.3, 0.4) is 0 Å². The van der Waals surface area contributed by atoms with Crippen molar-refractivity contribution in [1.29, 1.82) is 0 Å². The van der Waals surface area contributed by atoms with Gasteiger partial charge in [0.1, 0.15) is 5.72 Å². The summed E-state index contributed by atoms with van der Waals surface area (Å²) in [5.41, 5.74) is 6.64. The fourth-order valence-corrected chi connectivity index (χ4v) is 2.00. The van der Waals surface area contributed by atoms with E-state index in [-0.39, 0.29) is 0 Å². The van der Waals surface area contributed by atoms with Crippen LogP contribution in [0, 0.1) is 0 Å². The molecule has 0 radical (unpaired) electrons. The molecule has 1 unspecified atom stereocenters. The summed E-state index contributed by atoms with van der Waals surface area (Å²) in [7, 11) is 0. The lowest BCUT2D eigenvalue weighted by atomic mass is 9.96. The Bertz CT molecular complexity index is 337. The third-order valence-corrected chi connectivity index (χ3v) is 3.02. The fourth-order valence-electron chi connectivity index (χ4n) is 2.00. The Hall–Kier alpha value is -0.900. The topological polar surface area (TPSA) is 58.3 Å². The molecule has 0 aliphatic rings. The van der Waals surface area contributed by atoms with Crippen LogP contribution in [0.25, 0.3) is 0 Å². The molecule has 0 spiro atoms. The Morgan fingerprint density at radius 3 is 2.65 bits per heavy atom. The van der Waals surface area contributed by atoms with Gasteiger partial charge in [0, 0.05) is 5.56 Å². The van der Waals surface area contributed by atoms with Gasteiger partial charge in [0.25, 0.3) is 0 Å². The maximum atomic E-state index is 10.5. The van der Waals surface area contributed by atoms with Crippen LogP contribution in [0.1, 0.15) is 37.8 Å². The quantitative estimate of drug-likeness (QED) is 0.499. The van der Waals surface area contributed by atoms with Crippen LogP contribution in [0.5, 0.6) is 0 Å². The average Bonchev–Trinajstić information content (AvgIpc) is 2.34. The second kappa shape index (κ2) is 6.74. The summed E-state index contributed by atoms with van der Waals surface area (Å²) in [6.07, 6.45) is 2.90. The minimum absolute atomic E-state index is 0.704. The summed E-state index contributed by atoms with van der Waals surface area (Å²) in [4.78, 5) is 0. The van der Waals surface area contributed by atoms with E-state index < -0.39 is 5.72 Å². The summed E-state index contributed by atoms with van der Waals surface area (Å²) in [6, 6.07) is 8.01. The number of aliphatic hydroxyl groups is 1. The van der Waals surface area contributed by atoms with Gasteiger partial charge in [-0.1, -0.05) is 31.2 Å². The summed E-state index contributed by atoms with van der Waals surface area (Å²) >= 11 is 0. The van der Waals surface area contributed by atoms with E-state index in [0.29, 0.717) is 6.54 Å². The second-order valence-electron chi connectivity index (χ2n) is 4.51. The Labute approximate surface area is 104 Å². The highest BCUT2D eigenvalue weighted by Crippen LogP contribution is 2.22. The first-order valence-corrected chi connectivity index (χ1v) is 6.37. The first kappa shape index (κ1) is 14.2. The molecule has 1 aromatic carbocycles. The number of rotatable bonds is 7. The first-order chi connectivity index (χ1) is 8.11. The second-order valence-corrected chi connectivity index (χ2v) is 4.51. The predicted octanol–water partition coefficient (Wildman–Crippen LogP) is 1.74. The minimum atomic E-state index is -0.957. The standard InChI is InChI=1S/C14H24N2O/c1-3-12-8-4-5-9-13(12)14(2,17)16-11-7-6-10-15/h4-5,8-9,16-17H,3,6-7,10-11,15H2,1-2H3. The molecule has 3 nitrogen and oxygen atoms in total. The smallest absolute Gasteiger partial charge is 0.139 e. The van der Waals surface area contributed by atoms with Crippen molar-refractivity contribution in [3.05, 3.63) is 35.4 Å². The number of hydrogen-bond acceptors (Lipinski definition) is 3. The number of nitrogens with one attached hydrogen (secondary N) is 1. The molecule has 0 heterocycles. The van der Waals surface area contributed by atoms with Gasteiger partial charge in [-0.05, 0) is 44.8 Å². The lowest BCUT2D eigenvalue weighted by Crippen LogP contribution is -2.40. The van der Waals surface area contributed by atoms with Crippen molar-refractivity contribution in [2.45, 2.75) is 38.8 Å². The Balaban J connectivity index is 2.67. The van der Waals surface area contributed by atoms with E-state index in [1.165, 1.54) is 5.56 Å². The monoisotopic (exact) mass is 236 g/mol. The maximum absolute atomic E-state index is 10.5. The number of aryl methyl sites for hydroxylation is 1. The van der Waals surface area contributed by atoms with Gasteiger partial charge in [0.2, 0.25) is 0 Å². The maximum Gasteiger partial charge on any atom is 0.139 e. The van der Waals surface area contributed by atoms with Crippen LogP contribution in [-0.2, 0) is 12.1 Å². The minimum Gasteiger partial charge on any atom is -0.372 e. The van der Waals surface area contributed by atoms with Crippen molar-refractivity contribution < 1.29 is 5.11 Å². The molecule has 0 saturated carbocycles. The molecule has 0 aromatic heterocycles. The fraction of sp³-hybridized carbons (Fsp3) is 0.571. The van der Waals surface area contributed by atoms with E-state index in [1.54, 1.807) is 0 Å². The predicted molar refractivity (Wildman–Crippen MR) is 71.7 cm³/mol. The molecule has 0 fully saturated rings. The highest BCUT2D eigenvalue weighted by Gasteiger charge is 2.23. The van der Waals surface area contributed by atoms with Crippen molar-refractivity contribution in [1.82, 2.24) is 5.32 Å². The number of unbranched alkanes of at least 4 members (excludes halogenated alkanes) is 1. The van der Waals surface area contributed by atoms with Crippen molar-refractivity contribution in [3.63, 3.8) is 0 Å². The molecule has 0 bridgehead atoms. The number of nitrogens with two attached hydrogens (primary N) is 1. The molecule has 96 valence electrons. The van der Waals surface area contributed by atoms with Gasteiger partial charge in [-0.15, -0.1) is 0 Å². The van der Waals surface area contributed by atoms with Crippen molar-refractivity contribution >= 4 is 0 Å². The summed E-state index contributed by atoms with van der Waals surface area (Å²) in [5.74, 6) is 0. The highest BCUT2D eigenvalue weighted by molar-refractivity contribution is 5.31. The molecular weight excluding hydrogens is 212 g/mol. The zero-order valence-corrected chi connectivity index (χ0v) is 10.9. The largest absolute Gasteiger partial charge is 0.372 e. The van der Waals surface area contributed by atoms with Gasteiger partial charge >= 0.3 is 0 Å². The number of hydrogen-bond donors (Lipinski definition) is 3. The summed E-state index contributed by atoms with van der Waals surface area (Å²) in [5, 5.41) is 13.6. The highest BCUT2D eigenvalue weighted by atomic mass is 16.3. The summed E-state index contributed by atoms with van der Waals surface area (Å²) < 4.78 is 0. The lowest BCUT2D eigenvalue weighted by Gasteiger charge is -2.27. The van der Waals surface area contributed by atoms with E-state index in [2.05, 4.69) is 18.3 Å². The molecule has 1 rings (SSSR count).